The molecular weight excluding hydrogens is 286 g/mol. The molecule has 118 valence electrons. The molecule has 0 radical (unpaired) electrons. The Hall–Kier alpha value is -1.18. The number of nitrogens with zero attached hydrogens (tertiary/aromatic N) is 2. The lowest BCUT2D eigenvalue weighted by atomic mass is 10.0. The summed E-state index contributed by atoms with van der Waals surface area (Å²) in [5.41, 5.74) is 6.67. The Balaban J connectivity index is 1.95. The maximum atomic E-state index is 12.9. The number of alkyl halides is 3. The van der Waals surface area contributed by atoms with Gasteiger partial charge < -0.3 is 5.73 Å². The van der Waals surface area contributed by atoms with Crippen molar-refractivity contribution in [2.24, 2.45) is 5.73 Å². The zero-order chi connectivity index (χ0) is 15.5. The molecule has 0 amide bonds. The van der Waals surface area contributed by atoms with Gasteiger partial charge in [-0.2, -0.15) is 13.2 Å². The van der Waals surface area contributed by atoms with Gasteiger partial charge in [0.2, 0.25) is 0 Å². The topological polar surface area (TPSA) is 32.5 Å². The van der Waals surface area contributed by atoms with Gasteiger partial charge in [-0.1, -0.05) is 12.1 Å². The number of nitrogens with two attached hydrogens (primary N) is 1. The van der Waals surface area contributed by atoms with E-state index in [-0.39, 0.29) is 11.9 Å². The van der Waals surface area contributed by atoms with E-state index in [0.717, 1.165) is 5.56 Å². The third-order valence-electron chi connectivity index (χ3n) is 3.73. The van der Waals surface area contributed by atoms with E-state index in [0.29, 0.717) is 32.7 Å². The molecule has 0 aromatic heterocycles. The summed E-state index contributed by atoms with van der Waals surface area (Å²) in [6.07, 6.45) is -4.16. The average Bonchev–Trinajstić information content (AvgIpc) is 2.42. The van der Waals surface area contributed by atoms with Crippen molar-refractivity contribution in [1.29, 1.82) is 0 Å². The Morgan fingerprint density at radius 3 is 2.10 bits per heavy atom. The average molecular weight is 305 g/mol. The Morgan fingerprint density at radius 2 is 1.62 bits per heavy atom. The molecule has 1 aliphatic heterocycles. The predicted molar refractivity (Wildman–Crippen MR) is 72.3 cm³/mol. The molecule has 1 aromatic rings. The Labute approximate surface area is 121 Å². The van der Waals surface area contributed by atoms with Crippen molar-refractivity contribution >= 4 is 0 Å². The van der Waals surface area contributed by atoms with Crippen LogP contribution in [-0.2, 0) is 0 Å². The summed E-state index contributed by atoms with van der Waals surface area (Å²) in [7, 11) is 0. The maximum Gasteiger partial charge on any atom is 0.401 e. The summed E-state index contributed by atoms with van der Waals surface area (Å²) in [6, 6.07) is 6.01. The van der Waals surface area contributed by atoms with E-state index in [1.54, 1.807) is 12.1 Å². The van der Waals surface area contributed by atoms with Gasteiger partial charge in [-0.25, -0.2) is 4.39 Å². The zero-order valence-electron chi connectivity index (χ0n) is 11.6. The first kappa shape index (κ1) is 16.2. The van der Waals surface area contributed by atoms with Gasteiger partial charge in [0.05, 0.1) is 6.54 Å². The van der Waals surface area contributed by atoms with Crippen molar-refractivity contribution in [3.05, 3.63) is 35.6 Å². The molecule has 2 N–H and O–H groups in total. The molecule has 1 aliphatic rings. The highest BCUT2D eigenvalue weighted by atomic mass is 19.4. The lowest BCUT2D eigenvalue weighted by Gasteiger charge is -2.39. The molecule has 1 heterocycles. The summed E-state index contributed by atoms with van der Waals surface area (Å²) in [4.78, 5) is 3.45. The van der Waals surface area contributed by atoms with Crippen LogP contribution >= 0.6 is 0 Å². The monoisotopic (exact) mass is 305 g/mol. The van der Waals surface area contributed by atoms with Crippen LogP contribution in [-0.4, -0.2) is 55.2 Å². The van der Waals surface area contributed by atoms with Gasteiger partial charge in [-0.15, -0.1) is 0 Å². The Morgan fingerprint density at radius 1 is 1.05 bits per heavy atom. The minimum absolute atomic E-state index is 0.0846. The second kappa shape index (κ2) is 6.72. The summed E-state index contributed by atoms with van der Waals surface area (Å²) < 4.78 is 50.0. The van der Waals surface area contributed by atoms with Crippen molar-refractivity contribution < 1.29 is 17.6 Å². The molecule has 0 saturated carbocycles. The molecule has 1 aromatic carbocycles. The molecule has 0 aliphatic carbocycles. The van der Waals surface area contributed by atoms with Crippen LogP contribution in [0.3, 0.4) is 0 Å². The fourth-order valence-corrected chi connectivity index (χ4v) is 2.67. The summed E-state index contributed by atoms with van der Waals surface area (Å²) in [5.74, 6) is -0.315. The van der Waals surface area contributed by atoms with E-state index in [9.17, 15) is 17.6 Å². The molecule has 0 spiro atoms. The minimum Gasteiger partial charge on any atom is -0.329 e. The van der Waals surface area contributed by atoms with E-state index < -0.39 is 12.7 Å². The Kier molecular flexibility index (Phi) is 5.18. The standard InChI is InChI=1S/C14H19F4N3/c15-12-3-1-11(2-4-12)13(9-19)21-7-5-20(6-8-21)10-14(16,17)18/h1-4,13H,5-10,19H2. The fourth-order valence-electron chi connectivity index (χ4n) is 2.67. The van der Waals surface area contributed by atoms with Crippen molar-refractivity contribution in [1.82, 2.24) is 9.80 Å². The van der Waals surface area contributed by atoms with Gasteiger partial charge in [0.25, 0.3) is 0 Å². The second-order valence-electron chi connectivity index (χ2n) is 5.23. The van der Waals surface area contributed by atoms with Crippen LogP contribution in [0, 0.1) is 5.82 Å². The number of rotatable bonds is 4. The van der Waals surface area contributed by atoms with Crippen LogP contribution in [0.2, 0.25) is 0 Å². The number of hydrogen-bond donors (Lipinski definition) is 1. The van der Waals surface area contributed by atoms with E-state index in [1.165, 1.54) is 17.0 Å². The molecule has 1 atom stereocenters. The molecule has 21 heavy (non-hydrogen) atoms. The molecule has 3 nitrogen and oxygen atoms in total. The third-order valence-corrected chi connectivity index (χ3v) is 3.73. The van der Waals surface area contributed by atoms with Crippen LogP contribution in [0.4, 0.5) is 17.6 Å². The largest absolute Gasteiger partial charge is 0.401 e. The molecule has 2 rings (SSSR count). The molecule has 1 saturated heterocycles. The van der Waals surface area contributed by atoms with E-state index in [2.05, 4.69) is 4.90 Å². The molecule has 1 fully saturated rings. The summed E-state index contributed by atoms with van der Waals surface area (Å²) in [6.45, 7) is 1.24. The van der Waals surface area contributed by atoms with Crippen LogP contribution in [0.15, 0.2) is 24.3 Å². The van der Waals surface area contributed by atoms with E-state index in [1.807, 2.05) is 0 Å². The summed E-state index contributed by atoms with van der Waals surface area (Å²) >= 11 is 0. The van der Waals surface area contributed by atoms with Gasteiger partial charge in [0, 0.05) is 38.8 Å². The molecule has 0 bridgehead atoms. The van der Waals surface area contributed by atoms with Crippen molar-refractivity contribution in [2.45, 2.75) is 12.2 Å². The van der Waals surface area contributed by atoms with Crippen LogP contribution < -0.4 is 5.73 Å². The van der Waals surface area contributed by atoms with Crippen molar-refractivity contribution in [3.8, 4) is 0 Å². The van der Waals surface area contributed by atoms with Gasteiger partial charge in [-0.3, -0.25) is 9.80 Å². The SMILES string of the molecule is NCC(c1ccc(F)cc1)N1CCN(CC(F)(F)F)CC1. The lowest BCUT2D eigenvalue weighted by Crippen LogP contribution is -2.51. The first-order chi connectivity index (χ1) is 9.89. The van der Waals surface area contributed by atoms with E-state index in [4.69, 9.17) is 5.73 Å². The molecular formula is C14H19F4N3. The number of hydrogen-bond acceptors (Lipinski definition) is 3. The highest BCUT2D eigenvalue weighted by molar-refractivity contribution is 5.20. The smallest absolute Gasteiger partial charge is 0.329 e. The summed E-state index contributed by atoms with van der Waals surface area (Å²) in [5, 5.41) is 0. The van der Waals surface area contributed by atoms with E-state index >= 15 is 0 Å². The lowest BCUT2D eigenvalue weighted by molar-refractivity contribution is -0.149. The normalized spacial score (nSPS) is 19.7. The zero-order valence-corrected chi connectivity index (χ0v) is 11.6. The number of piperazine rings is 1. The van der Waals surface area contributed by atoms with Crippen molar-refractivity contribution in [2.75, 3.05) is 39.3 Å². The second-order valence-corrected chi connectivity index (χ2v) is 5.23. The van der Waals surface area contributed by atoms with Crippen LogP contribution in [0.25, 0.3) is 0 Å². The van der Waals surface area contributed by atoms with Gasteiger partial charge in [-0.05, 0) is 17.7 Å². The van der Waals surface area contributed by atoms with Crippen molar-refractivity contribution in [3.63, 3.8) is 0 Å². The highest BCUT2D eigenvalue weighted by Crippen LogP contribution is 2.23. The number of halogens is 4. The van der Waals surface area contributed by atoms with Gasteiger partial charge >= 0.3 is 6.18 Å². The Bertz CT molecular complexity index is 439. The number of benzene rings is 1. The van der Waals surface area contributed by atoms with Crippen LogP contribution in [0.1, 0.15) is 11.6 Å². The van der Waals surface area contributed by atoms with Crippen LogP contribution in [0.5, 0.6) is 0 Å². The van der Waals surface area contributed by atoms with Gasteiger partial charge in [0.1, 0.15) is 5.82 Å². The first-order valence-corrected chi connectivity index (χ1v) is 6.88. The third kappa shape index (κ3) is 4.66. The molecule has 7 heteroatoms. The maximum absolute atomic E-state index is 12.9. The molecule has 1 unspecified atom stereocenters. The first-order valence-electron chi connectivity index (χ1n) is 6.88. The minimum atomic E-state index is -4.16. The highest BCUT2D eigenvalue weighted by Gasteiger charge is 2.33. The quantitative estimate of drug-likeness (QED) is 0.864. The fraction of sp³-hybridized carbons (Fsp3) is 0.571. The predicted octanol–water partition coefficient (Wildman–Crippen LogP) is 2.01. The van der Waals surface area contributed by atoms with Gasteiger partial charge in [0.15, 0.2) is 0 Å².